The Kier molecular flexibility index (Phi) is 5.14. The first-order valence-electron chi connectivity index (χ1n) is 9.55. The largest absolute Gasteiger partial charge is 0.573 e. The molecular formula is C19H27B2F3O5. The van der Waals surface area contributed by atoms with Crippen LogP contribution in [0.25, 0.3) is 0 Å². The van der Waals surface area contributed by atoms with Crippen molar-refractivity contribution in [3.05, 3.63) is 18.2 Å². The molecule has 2 heterocycles. The summed E-state index contributed by atoms with van der Waals surface area (Å²) in [4.78, 5) is 0. The molecule has 2 fully saturated rings. The van der Waals surface area contributed by atoms with Crippen LogP contribution in [-0.2, 0) is 18.6 Å². The lowest BCUT2D eigenvalue weighted by Gasteiger charge is -2.32. The van der Waals surface area contributed by atoms with Gasteiger partial charge in [-0.25, -0.2) is 0 Å². The molecular weight excluding hydrogens is 387 g/mol. The van der Waals surface area contributed by atoms with Crippen LogP contribution in [0.1, 0.15) is 55.4 Å². The van der Waals surface area contributed by atoms with E-state index in [1.165, 1.54) is 18.2 Å². The van der Waals surface area contributed by atoms with Gasteiger partial charge in [0, 0.05) is 5.46 Å². The molecule has 2 aliphatic heterocycles. The molecule has 0 N–H and O–H groups in total. The maximum absolute atomic E-state index is 13.0. The fraction of sp³-hybridized carbons (Fsp3) is 0.684. The Morgan fingerprint density at radius 2 is 1.14 bits per heavy atom. The van der Waals surface area contributed by atoms with Crippen molar-refractivity contribution in [2.75, 3.05) is 0 Å². The molecule has 3 rings (SSSR count). The molecule has 29 heavy (non-hydrogen) atoms. The lowest BCUT2D eigenvalue weighted by Crippen LogP contribution is -2.42. The zero-order chi connectivity index (χ0) is 22.0. The van der Waals surface area contributed by atoms with E-state index in [2.05, 4.69) is 4.74 Å². The Labute approximate surface area is 170 Å². The quantitative estimate of drug-likeness (QED) is 0.712. The van der Waals surface area contributed by atoms with Gasteiger partial charge in [-0.3, -0.25) is 0 Å². The minimum absolute atomic E-state index is 0.133. The average Bonchev–Trinajstić information content (AvgIpc) is 2.85. The molecule has 0 bridgehead atoms. The molecule has 0 amide bonds. The summed E-state index contributed by atoms with van der Waals surface area (Å²) in [6.07, 6.45) is -4.84. The number of ether oxygens (including phenoxy) is 1. The van der Waals surface area contributed by atoms with Crippen molar-refractivity contribution in [3.8, 4) is 5.75 Å². The van der Waals surface area contributed by atoms with Gasteiger partial charge < -0.3 is 23.4 Å². The molecule has 0 unspecified atom stereocenters. The maximum Gasteiger partial charge on any atom is 0.573 e. The van der Waals surface area contributed by atoms with Gasteiger partial charge in [-0.15, -0.1) is 13.2 Å². The van der Waals surface area contributed by atoms with Gasteiger partial charge in [-0.05, 0) is 66.9 Å². The first-order chi connectivity index (χ1) is 12.9. The van der Waals surface area contributed by atoms with E-state index in [0.717, 1.165) is 0 Å². The Morgan fingerprint density at radius 3 is 1.55 bits per heavy atom. The van der Waals surface area contributed by atoms with Crippen molar-refractivity contribution in [2.24, 2.45) is 0 Å². The highest BCUT2D eigenvalue weighted by atomic mass is 19.4. The smallest absolute Gasteiger partial charge is 0.406 e. The molecule has 2 saturated heterocycles. The molecule has 5 nitrogen and oxygen atoms in total. The van der Waals surface area contributed by atoms with E-state index in [0.29, 0.717) is 5.46 Å². The van der Waals surface area contributed by atoms with E-state index < -0.39 is 43.0 Å². The normalized spacial score (nSPS) is 24.8. The van der Waals surface area contributed by atoms with E-state index in [4.69, 9.17) is 18.6 Å². The first kappa shape index (κ1) is 22.5. The van der Waals surface area contributed by atoms with Crippen LogP contribution < -0.4 is 15.7 Å². The van der Waals surface area contributed by atoms with Gasteiger partial charge >= 0.3 is 20.6 Å². The molecule has 2 aliphatic rings. The summed E-state index contributed by atoms with van der Waals surface area (Å²) in [6.45, 7) is 14.9. The van der Waals surface area contributed by atoms with Gasteiger partial charge in [0.1, 0.15) is 5.75 Å². The van der Waals surface area contributed by atoms with E-state index in [1.54, 1.807) is 0 Å². The Bertz CT molecular complexity index is 761. The standard InChI is InChI=1S/C19H27B2F3O5/c1-15(2)16(3,4)27-20(26-15)12-9-10-14(25-19(22,23)24)13(11-12)21-28-17(5,6)18(7,8)29-21/h9-11H,1-8H3. The van der Waals surface area contributed by atoms with Gasteiger partial charge in [0.25, 0.3) is 0 Å². The highest BCUT2D eigenvalue weighted by molar-refractivity contribution is 6.66. The molecule has 1 aromatic rings. The minimum atomic E-state index is -4.84. The first-order valence-corrected chi connectivity index (χ1v) is 9.55. The van der Waals surface area contributed by atoms with Crippen molar-refractivity contribution in [3.63, 3.8) is 0 Å². The zero-order valence-electron chi connectivity index (χ0n) is 18.1. The van der Waals surface area contributed by atoms with Gasteiger partial charge in [0.05, 0.1) is 22.4 Å². The monoisotopic (exact) mass is 414 g/mol. The highest BCUT2D eigenvalue weighted by Gasteiger charge is 2.54. The second kappa shape index (κ2) is 6.64. The lowest BCUT2D eigenvalue weighted by atomic mass is 9.71. The van der Waals surface area contributed by atoms with Crippen LogP contribution in [0.5, 0.6) is 5.75 Å². The van der Waals surface area contributed by atoms with E-state index in [-0.39, 0.29) is 11.2 Å². The summed E-state index contributed by atoms with van der Waals surface area (Å²) >= 11 is 0. The number of hydrogen-bond acceptors (Lipinski definition) is 5. The fourth-order valence-corrected chi connectivity index (χ4v) is 3.06. The predicted octanol–water partition coefficient (Wildman–Crippen LogP) is 3.18. The van der Waals surface area contributed by atoms with Crippen LogP contribution in [0.3, 0.4) is 0 Å². The lowest BCUT2D eigenvalue weighted by molar-refractivity contribution is -0.274. The Morgan fingerprint density at radius 1 is 0.724 bits per heavy atom. The number of hydrogen-bond donors (Lipinski definition) is 0. The number of alkyl halides is 3. The van der Waals surface area contributed by atoms with Crippen LogP contribution >= 0.6 is 0 Å². The Hall–Kier alpha value is -1.22. The number of rotatable bonds is 3. The molecule has 0 aliphatic carbocycles. The highest BCUT2D eigenvalue weighted by Crippen LogP contribution is 2.38. The van der Waals surface area contributed by atoms with Crippen molar-refractivity contribution < 1.29 is 36.5 Å². The van der Waals surface area contributed by atoms with Crippen LogP contribution in [0, 0.1) is 0 Å². The summed E-state index contributed by atoms with van der Waals surface area (Å²) < 4.78 is 67.1. The topological polar surface area (TPSA) is 46.2 Å². The summed E-state index contributed by atoms with van der Waals surface area (Å²) in [5, 5.41) is 0. The van der Waals surface area contributed by atoms with Gasteiger partial charge in [0.2, 0.25) is 0 Å². The summed E-state index contributed by atoms with van der Waals surface area (Å²) in [5.41, 5.74) is -1.90. The third-order valence-electron chi connectivity index (χ3n) is 6.29. The Balaban J connectivity index is 2.00. The van der Waals surface area contributed by atoms with Crippen molar-refractivity contribution >= 4 is 25.2 Å². The van der Waals surface area contributed by atoms with Crippen molar-refractivity contribution in [1.82, 2.24) is 0 Å². The van der Waals surface area contributed by atoms with Crippen LogP contribution in [0.15, 0.2) is 18.2 Å². The minimum Gasteiger partial charge on any atom is -0.406 e. The fourth-order valence-electron chi connectivity index (χ4n) is 3.06. The van der Waals surface area contributed by atoms with E-state index in [9.17, 15) is 13.2 Å². The van der Waals surface area contributed by atoms with Crippen LogP contribution in [-0.4, -0.2) is 43.0 Å². The molecule has 160 valence electrons. The molecule has 0 spiro atoms. The third-order valence-corrected chi connectivity index (χ3v) is 6.29. The summed E-state index contributed by atoms with van der Waals surface area (Å²) in [7, 11) is -1.76. The van der Waals surface area contributed by atoms with Gasteiger partial charge in [-0.2, -0.15) is 0 Å². The molecule has 0 saturated carbocycles. The van der Waals surface area contributed by atoms with Crippen molar-refractivity contribution in [2.45, 2.75) is 84.2 Å². The summed E-state index contributed by atoms with van der Waals surface area (Å²) in [5.74, 6) is -0.378. The van der Waals surface area contributed by atoms with Gasteiger partial charge in [-0.1, -0.05) is 12.1 Å². The second-order valence-corrected chi connectivity index (χ2v) is 9.52. The third kappa shape index (κ3) is 4.17. The van der Waals surface area contributed by atoms with Crippen LogP contribution in [0.2, 0.25) is 0 Å². The number of halogens is 3. The van der Waals surface area contributed by atoms with E-state index >= 15 is 0 Å². The van der Waals surface area contributed by atoms with Crippen LogP contribution in [0.4, 0.5) is 13.2 Å². The maximum atomic E-state index is 13.0. The molecule has 1 aromatic carbocycles. The molecule has 0 atom stereocenters. The predicted molar refractivity (Wildman–Crippen MR) is 105 cm³/mol. The molecule has 0 radical (unpaired) electrons. The number of benzene rings is 1. The molecule has 10 heteroatoms. The molecule has 0 aromatic heterocycles. The summed E-state index contributed by atoms with van der Waals surface area (Å²) in [6, 6.07) is 4.28. The van der Waals surface area contributed by atoms with Gasteiger partial charge in [0.15, 0.2) is 0 Å². The second-order valence-electron chi connectivity index (χ2n) is 9.52. The average molecular weight is 414 g/mol. The SMILES string of the molecule is CC1(C)OB(c2ccc(OC(F)(F)F)c(B3OC(C)(C)C(C)(C)O3)c2)OC1(C)C. The zero-order valence-corrected chi connectivity index (χ0v) is 18.1. The van der Waals surface area contributed by atoms with Crippen molar-refractivity contribution in [1.29, 1.82) is 0 Å². The van der Waals surface area contributed by atoms with E-state index in [1.807, 2.05) is 55.4 Å².